The van der Waals surface area contributed by atoms with E-state index in [1.54, 1.807) is 17.7 Å². The van der Waals surface area contributed by atoms with Gasteiger partial charge < -0.3 is 5.32 Å². The molecule has 0 bridgehead atoms. The smallest absolute Gasteiger partial charge is 0.128 e. The highest BCUT2D eigenvalue weighted by Gasteiger charge is 2.04. The van der Waals surface area contributed by atoms with E-state index in [-0.39, 0.29) is 5.82 Å². The first-order valence-electron chi connectivity index (χ1n) is 6.58. The zero-order chi connectivity index (χ0) is 13.8. The van der Waals surface area contributed by atoms with Crippen molar-refractivity contribution in [3.63, 3.8) is 0 Å². The molecule has 1 heterocycles. The molecule has 2 aromatic rings. The van der Waals surface area contributed by atoms with E-state index in [1.807, 2.05) is 18.3 Å². The van der Waals surface area contributed by atoms with Crippen LogP contribution in [0, 0.1) is 18.7 Å². The first-order valence-corrected chi connectivity index (χ1v) is 6.58. The third kappa shape index (κ3) is 3.64. The van der Waals surface area contributed by atoms with Gasteiger partial charge in [0, 0.05) is 12.7 Å². The molecule has 3 nitrogen and oxygen atoms in total. The Morgan fingerprint density at radius 2 is 2.11 bits per heavy atom. The number of halogens is 1. The molecule has 2 rings (SSSR count). The summed E-state index contributed by atoms with van der Waals surface area (Å²) in [5, 5.41) is 7.77. The van der Waals surface area contributed by atoms with Crippen LogP contribution in [-0.2, 0) is 6.54 Å². The van der Waals surface area contributed by atoms with Crippen molar-refractivity contribution in [2.45, 2.75) is 27.3 Å². The summed E-state index contributed by atoms with van der Waals surface area (Å²) in [7, 11) is 0. The zero-order valence-electron chi connectivity index (χ0n) is 11.7. The second-order valence-electron chi connectivity index (χ2n) is 5.21. The zero-order valence-corrected chi connectivity index (χ0v) is 11.7. The summed E-state index contributed by atoms with van der Waals surface area (Å²) in [5.41, 5.74) is 2.36. The van der Waals surface area contributed by atoms with Crippen molar-refractivity contribution in [1.82, 2.24) is 15.1 Å². The van der Waals surface area contributed by atoms with Crippen LogP contribution in [0.2, 0.25) is 0 Å². The molecule has 0 unspecified atom stereocenters. The van der Waals surface area contributed by atoms with Crippen LogP contribution in [0.25, 0.3) is 5.69 Å². The van der Waals surface area contributed by atoms with Gasteiger partial charge in [-0.05, 0) is 43.1 Å². The molecule has 0 aliphatic carbocycles. The van der Waals surface area contributed by atoms with Crippen molar-refractivity contribution in [2.75, 3.05) is 6.54 Å². The molecule has 0 saturated heterocycles. The molecular weight excluding hydrogens is 241 g/mol. The number of rotatable bonds is 5. The molecule has 1 N–H and O–H groups in total. The van der Waals surface area contributed by atoms with Crippen LogP contribution >= 0.6 is 0 Å². The summed E-state index contributed by atoms with van der Waals surface area (Å²) >= 11 is 0. The molecule has 0 atom stereocenters. The fourth-order valence-corrected chi connectivity index (χ4v) is 1.81. The van der Waals surface area contributed by atoms with Gasteiger partial charge >= 0.3 is 0 Å². The van der Waals surface area contributed by atoms with Crippen LogP contribution in [-0.4, -0.2) is 16.3 Å². The molecule has 0 amide bonds. The Hall–Kier alpha value is -1.68. The minimum atomic E-state index is -0.201. The van der Waals surface area contributed by atoms with E-state index in [0.29, 0.717) is 11.5 Å². The predicted octanol–water partition coefficient (Wildman–Crippen LogP) is 3.07. The van der Waals surface area contributed by atoms with E-state index in [4.69, 9.17) is 0 Å². The molecule has 0 aliphatic heterocycles. The maximum absolute atomic E-state index is 13.5. The molecule has 1 aromatic carbocycles. The quantitative estimate of drug-likeness (QED) is 0.896. The SMILES string of the molecule is Cc1ccc(-n2ccc(CNCC(C)C)n2)cc1F. The Labute approximate surface area is 113 Å². The molecule has 0 saturated carbocycles. The highest BCUT2D eigenvalue weighted by Crippen LogP contribution is 2.13. The van der Waals surface area contributed by atoms with E-state index in [1.165, 1.54) is 6.07 Å². The summed E-state index contributed by atoms with van der Waals surface area (Å²) in [4.78, 5) is 0. The lowest BCUT2D eigenvalue weighted by Gasteiger charge is -2.05. The molecule has 0 spiro atoms. The van der Waals surface area contributed by atoms with Crippen LogP contribution < -0.4 is 5.32 Å². The number of aromatic nitrogens is 2. The van der Waals surface area contributed by atoms with Crippen molar-refractivity contribution in [3.8, 4) is 5.69 Å². The first kappa shape index (κ1) is 13.7. The second-order valence-corrected chi connectivity index (χ2v) is 5.21. The van der Waals surface area contributed by atoms with Crippen molar-refractivity contribution < 1.29 is 4.39 Å². The molecule has 19 heavy (non-hydrogen) atoms. The van der Waals surface area contributed by atoms with E-state index < -0.39 is 0 Å². The van der Waals surface area contributed by atoms with Gasteiger partial charge in [-0.2, -0.15) is 5.10 Å². The standard InChI is InChI=1S/C15H20FN3/c1-11(2)9-17-10-13-6-7-19(18-13)14-5-4-12(3)15(16)8-14/h4-8,11,17H,9-10H2,1-3H3. The fraction of sp³-hybridized carbons (Fsp3) is 0.400. The Morgan fingerprint density at radius 3 is 2.79 bits per heavy atom. The lowest BCUT2D eigenvalue weighted by molar-refractivity contribution is 0.546. The highest BCUT2D eigenvalue weighted by atomic mass is 19.1. The average molecular weight is 261 g/mol. The largest absolute Gasteiger partial charge is 0.311 e. The van der Waals surface area contributed by atoms with E-state index >= 15 is 0 Å². The molecule has 1 aromatic heterocycles. The van der Waals surface area contributed by atoms with Crippen LogP contribution in [0.5, 0.6) is 0 Å². The maximum Gasteiger partial charge on any atom is 0.128 e. The summed E-state index contributed by atoms with van der Waals surface area (Å²) in [6, 6.07) is 7.10. The van der Waals surface area contributed by atoms with Crippen LogP contribution in [0.1, 0.15) is 25.1 Å². The van der Waals surface area contributed by atoms with Gasteiger partial charge in [-0.3, -0.25) is 0 Å². The van der Waals surface area contributed by atoms with Gasteiger partial charge in [0.15, 0.2) is 0 Å². The summed E-state index contributed by atoms with van der Waals surface area (Å²) in [6.07, 6.45) is 1.86. The van der Waals surface area contributed by atoms with E-state index in [9.17, 15) is 4.39 Å². The summed E-state index contributed by atoms with van der Waals surface area (Å²) < 4.78 is 15.2. The molecule has 0 fully saturated rings. The Balaban J connectivity index is 2.05. The van der Waals surface area contributed by atoms with Crippen molar-refractivity contribution >= 4 is 0 Å². The monoisotopic (exact) mass is 261 g/mol. The van der Waals surface area contributed by atoms with Gasteiger partial charge in [-0.1, -0.05) is 19.9 Å². The van der Waals surface area contributed by atoms with Gasteiger partial charge in [0.2, 0.25) is 0 Å². The Kier molecular flexibility index (Phi) is 4.32. The van der Waals surface area contributed by atoms with E-state index in [2.05, 4.69) is 24.3 Å². The second kappa shape index (κ2) is 5.97. The topological polar surface area (TPSA) is 29.9 Å². The number of benzene rings is 1. The maximum atomic E-state index is 13.5. The lowest BCUT2D eigenvalue weighted by atomic mass is 10.2. The predicted molar refractivity (Wildman–Crippen MR) is 74.8 cm³/mol. The van der Waals surface area contributed by atoms with Crippen LogP contribution in [0.15, 0.2) is 30.5 Å². The number of nitrogens with zero attached hydrogens (tertiary/aromatic N) is 2. The number of hydrogen-bond acceptors (Lipinski definition) is 2. The first-order chi connectivity index (χ1) is 9.06. The molecular formula is C15H20FN3. The van der Waals surface area contributed by atoms with Gasteiger partial charge in [0.1, 0.15) is 5.82 Å². The minimum Gasteiger partial charge on any atom is -0.311 e. The number of aryl methyl sites for hydroxylation is 1. The number of nitrogens with one attached hydrogen (secondary N) is 1. The van der Waals surface area contributed by atoms with Crippen LogP contribution in [0.3, 0.4) is 0 Å². The third-order valence-electron chi connectivity index (χ3n) is 2.92. The summed E-state index contributed by atoms with van der Waals surface area (Å²) in [6.45, 7) is 7.79. The molecule has 0 radical (unpaired) electrons. The molecule has 0 aliphatic rings. The average Bonchev–Trinajstić information content (AvgIpc) is 2.81. The van der Waals surface area contributed by atoms with Crippen molar-refractivity contribution in [3.05, 3.63) is 47.5 Å². The van der Waals surface area contributed by atoms with Gasteiger partial charge in [-0.15, -0.1) is 0 Å². The molecule has 102 valence electrons. The van der Waals surface area contributed by atoms with Crippen molar-refractivity contribution in [2.24, 2.45) is 5.92 Å². The van der Waals surface area contributed by atoms with Crippen LogP contribution in [0.4, 0.5) is 4.39 Å². The van der Waals surface area contributed by atoms with Gasteiger partial charge in [0.25, 0.3) is 0 Å². The van der Waals surface area contributed by atoms with Crippen molar-refractivity contribution in [1.29, 1.82) is 0 Å². The third-order valence-corrected chi connectivity index (χ3v) is 2.92. The van der Waals surface area contributed by atoms with E-state index in [0.717, 1.165) is 24.5 Å². The Morgan fingerprint density at radius 1 is 1.32 bits per heavy atom. The fourth-order valence-electron chi connectivity index (χ4n) is 1.81. The normalized spacial score (nSPS) is 11.2. The minimum absolute atomic E-state index is 0.201. The van der Waals surface area contributed by atoms with Gasteiger partial charge in [-0.25, -0.2) is 9.07 Å². The Bertz CT molecular complexity index is 546. The molecule has 4 heteroatoms. The van der Waals surface area contributed by atoms with Gasteiger partial charge in [0.05, 0.1) is 11.4 Å². The highest BCUT2D eigenvalue weighted by molar-refractivity contribution is 5.34. The lowest BCUT2D eigenvalue weighted by Crippen LogP contribution is -2.19. The summed E-state index contributed by atoms with van der Waals surface area (Å²) in [5.74, 6) is 0.417. The number of hydrogen-bond donors (Lipinski definition) is 1.